The van der Waals surface area contributed by atoms with Gasteiger partial charge in [0.25, 0.3) is 0 Å². The molecule has 0 fully saturated rings. The highest BCUT2D eigenvalue weighted by atomic mass is 32.2. The van der Waals surface area contributed by atoms with E-state index in [1.165, 1.54) is 27.7 Å². The fourth-order valence-electron chi connectivity index (χ4n) is 2.80. The zero-order valence-corrected chi connectivity index (χ0v) is 12.8. The maximum absolute atomic E-state index is 2.43. The van der Waals surface area contributed by atoms with Gasteiger partial charge in [-0.15, -0.1) is 0 Å². The van der Waals surface area contributed by atoms with Crippen molar-refractivity contribution in [1.82, 2.24) is 4.57 Å². The monoisotopic (exact) mass is 293 g/mol. The molecule has 0 saturated heterocycles. The third-order valence-corrected chi connectivity index (χ3v) is 4.97. The maximum Gasteiger partial charge on any atom is 0.323 e. The number of thioether (sulfide) groups is 1. The minimum absolute atomic E-state index is 1.09. The van der Waals surface area contributed by atoms with E-state index in [4.69, 9.17) is 0 Å². The first kappa shape index (κ1) is 12.7. The van der Waals surface area contributed by atoms with Crippen LogP contribution in [0.4, 0.5) is 0 Å². The number of hydrogen-bond acceptors (Lipinski definition) is 1. The van der Waals surface area contributed by atoms with Crippen LogP contribution in [0.25, 0.3) is 16.9 Å². The van der Waals surface area contributed by atoms with E-state index in [0.29, 0.717) is 0 Å². The Balaban J connectivity index is 1.88. The van der Waals surface area contributed by atoms with E-state index >= 15 is 0 Å². The lowest BCUT2D eigenvalue weighted by molar-refractivity contribution is -0.713. The molecule has 4 rings (SSSR count). The van der Waals surface area contributed by atoms with Gasteiger partial charge in [-0.25, -0.2) is 4.57 Å². The number of hydrogen-bond donors (Lipinski definition) is 0. The van der Waals surface area contributed by atoms with E-state index < -0.39 is 0 Å². The Bertz CT molecular complexity index is 773. The van der Waals surface area contributed by atoms with Crippen LogP contribution in [0.15, 0.2) is 66.0 Å². The van der Waals surface area contributed by atoms with Gasteiger partial charge in [-0.1, -0.05) is 48.0 Å². The molecule has 2 aromatic carbocycles. The molecule has 0 unspecified atom stereocenters. The number of rotatable bonds is 2. The molecule has 2 nitrogen and oxygen atoms in total. The Labute approximate surface area is 129 Å². The van der Waals surface area contributed by atoms with Crippen molar-refractivity contribution < 1.29 is 4.57 Å². The highest BCUT2D eigenvalue weighted by Gasteiger charge is 2.30. The predicted octanol–water partition coefficient (Wildman–Crippen LogP) is 3.85. The lowest BCUT2D eigenvalue weighted by Crippen LogP contribution is -2.33. The van der Waals surface area contributed by atoms with Crippen molar-refractivity contribution in [2.75, 3.05) is 5.75 Å². The average molecular weight is 293 g/mol. The molecular weight excluding hydrogens is 276 g/mol. The van der Waals surface area contributed by atoms with E-state index in [2.05, 4.69) is 76.9 Å². The fraction of sp³-hybridized carbons (Fsp3) is 0.167. The lowest BCUT2D eigenvalue weighted by Gasteiger charge is -1.98. The number of aryl methyl sites for hydroxylation is 1. The molecule has 0 amide bonds. The molecular formula is C18H17N2S+. The second-order valence-electron chi connectivity index (χ2n) is 5.37. The predicted molar refractivity (Wildman–Crippen MR) is 86.9 cm³/mol. The van der Waals surface area contributed by atoms with Crippen molar-refractivity contribution in [3.05, 3.63) is 66.4 Å². The van der Waals surface area contributed by atoms with Crippen LogP contribution < -0.4 is 4.57 Å². The molecule has 0 aliphatic carbocycles. The largest absolute Gasteiger partial charge is 0.323 e. The molecule has 104 valence electrons. The van der Waals surface area contributed by atoms with Gasteiger partial charge in [0.05, 0.1) is 0 Å². The minimum Gasteiger partial charge on any atom is -0.216 e. The zero-order chi connectivity index (χ0) is 14.2. The Morgan fingerprint density at radius 3 is 2.52 bits per heavy atom. The summed E-state index contributed by atoms with van der Waals surface area (Å²) in [5.41, 5.74) is 5.13. The van der Waals surface area contributed by atoms with E-state index in [9.17, 15) is 0 Å². The maximum atomic E-state index is 2.43. The van der Waals surface area contributed by atoms with Crippen LogP contribution >= 0.6 is 11.8 Å². The molecule has 0 atom stereocenters. The summed E-state index contributed by atoms with van der Waals surface area (Å²) in [7, 11) is 0. The van der Waals surface area contributed by atoms with Gasteiger partial charge >= 0.3 is 5.16 Å². The second-order valence-corrected chi connectivity index (χ2v) is 6.43. The molecule has 21 heavy (non-hydrogen) atoms. The lowest BCUT2D eigenvalue weighted by atomic mass is 10.1. The molecule has 3 heteroatoms. The number of imidazole rings is 1. The standard InChI is InChI=1S/C18H17N2S/c1-14-7-9-15(10-8-14)17-13-20(16-5-3-2-4-6-16)18-19(17)11-12-21-18/h2-10,13H,11-12H2,1H3/q+1. The van der Waals surface area contributed by atoms with Crippen molar-refractivity contribution in [2.24, 2.45) is 0 Å². The molecule has 0 spiro atoms. The highest BCUT2D eigenvalue weighted by molar-refractivity contribution is 7.99. The first-order valence-electron chi connectivity index (χ1n) is 7.23. The number of fused-ring (bicyclic) bond motifs is 1. The molecule has 0 bridgehead atoms. The van der Waals surface area contributed by atoms with Gasteiger partial charge in [0.15, 0.2) is 5.69 Å². The van der Waals surface area contributed by atoms with Gasteiger partial charge in [-0.3, -0.25) is 0 Å². The summed E-state index contributed by atoms with van der Waals surface area (Å²) in [6.07, 6.45) is 2.27. The molecule has 0 radical (unpaired) electrons. The van der Waals surface area contributed by atoms with Gasteiger partial charge in [0.2, 0.25) is 0 Å². The first-order valence-corrected chi connectivity index (χ1v) is 8.22. The molecule has 1 aliphatic heterocycles. The Hall–Kier alpha value is -2.00. The van der Waals surface area contributed by atoms with Crippen LogP contribution in [-0.2, 0) is 6.54 Å². The second kappa shape index (κ2) is 5.08. The number of benzene rings is 2. The highest BCUT2D eigenvalue weighted by Crippen LogP contribution is 2.29. The number of aromatic nitrogens is 2. The van der Waals surface area contributed by atoms with Gasteiger partial charge in [-0.2, -0.15) is 4.57 Å². The SMILES string of the molecule is Cc1ccc(-c2cn(-c3ccccc3)c3[n+]2CCS3)cc1. The van der Waals surface area contributed by atoms with E-state index in [1.807, 2.05) is 11.8 Å². The van der Waals surface area contributed by atoms with Crippen molar-refractivity contribution in [3.8, 4) is 16.9 Å². The number of para-hydroxylation sites is 1. The third-order valence-electron chi connectivity index (χ3n) is 3.91. The van der Waals surface area contributed by atoms with Gasteiger partial charge in [0.1, 0.15) is 18.4 Å². The normalized spacial score (nSPS) is 13.4. The van der Waals surface area contributed by atoms with Gasteiger partial charge < -0.3 is 0 Å². The zero-order valence-electron chi connectivity index (χ0n) is 12.0. The van der Waals surface area contributed by atoms with Crippen LogP contribution in [0.1, 0.15) is 5.56 Å². The van der Waals surface area contributed by atoms with Crippen molar-refractivity contribution in [2.45, 2.75) is 18.6 Å². The van der Waals surface area contributed by atoms with Crippen molar-refractivity contribution in [1.29, 1.82) is 0 Å². The average Bonchev–Trinajstić information content (AvgIpc) is 3.11. The molecule has 2 heterocycles. The summed E-state index contributed by atoms with van der Waals surface area (Å²) in [6, 6.07) is 19.4. The van der Waals surface area contributed by atoms with Crippen LogP contribution in [0, 0.1) is 6.92 Å². The van der Waals surface area contributed by atoms with Crippen LogP contribution in [0.3, 0.4) is 0 Å². The van der Waals surface area contributed by atoms with Crippen molar-refractivity contribution >= 4 is 11.8 Å². The molecule has 1 aliphatic rings. The van der Waals surface area contributed by atoms with E-state index in [0.717, 1.165) is 12.3 Å². The van der Waals surface area contributed by atoms with Crippen LogP contribution in [-0.4, -0.2) is 10.3 Å². The molecule has 0 N–H and O–H groups in total. The minimum atomic E-state index is 1.09. The van der Waals surface area contributed by atoms with Gasteiger partial charge in [-0.05, 0) is 30.8 Å². The summed E-state index contributed by atoms with van der Waals surface area (Å²) in [4.78, 5) is 0. The summed E-state index contributed by atoms with van der Waals surface area (Å²) in [5.74, 6) is 1.15. The van der Waals surface area contributed by atoms with E-state index in [1.54, 1.807) is 0 Å². The quantitative estimate of drug-likeness (QED) is 0.652. The van der Waals surface area contributed by atoms with Crippen LogP contribution in [0.2, 0.25) is 0 Å². The number of nitrogens with zero attached hydrogens (tertiary/aromatic N) is 2. The Morgan fingerprint density at radius 2 is 1.76 bits per heavy atom. The Morgan fingerprint density at radius 1 is 1.00 bits per heavy atom. The van der Waals surface area contributed by atoms with Crippen LogP contribution in [0.5, 0.6) is 0 Å². The molecule has 3 aromatic rings. The summed E-state index contributed by atoms with van der Waals surface area (Å²) >= 11 is 1.93. The third kappa shape index (κ3) is 2.18. The van der Waals surface area contributed by atoms with Crippen molar-refractivity contribution in [3.63, 3.8) is 0 Å². The fourth-order valence-corrected chi connectivity index (χ4v) is 3.90. The molecule has 1 aromatic heterocycles. The summed E-state index contributed by atoms with van der Waals surface area (Å²) < 4.78 is 4.75. The smallest absolute Gasteiger partial charge is 0.216 e. The Kier molecular flexibility index (Phi) is 3.08. The summed E-state index contributed by atoms with van der Waals surface area (Å²) in [6.45, 7) is 3.22. The van der Waals surface area contributed by atoms with E-state index in [-0.39, 0.29) is 0 Å². The summed E-state index contributed by atoms with van der Waals surface area (Å²) in [5, 5.41) is 1.33. The van der Waals surface area contributed by atoms with Gasteiger partial charge in [0, 0.05) is 11.3 Å². The first-order chi connectivity index (χ1) is 10.3. The molecule has 0 saturated carbocycles. The topological polar surface area (TPSA) is 8.81 Å².